The summed E-state index contributed by atoms with van der Waals surface area (Å²) in [6.45, 7) is 29.4. The number of nitrogens with one attached hydrogen (secondary N) is 4. The zero-order valence-corrected chi connectivity index (χ0v) is 60.9. The van der Waals surface area contributed by atoms with Crippen LogP contribution in [-0.4, -0.2) is 263 Å². The van der Waals surface area contributed by atoms with Gasteiger partial charge < -0.3 is 70.7 Å². The molecule has 0 spiro atoms. The third-order valence-electron chi connectivity index (χ3n) is 17.5. The summed E-state index contributed by atoms with van der Waals surface area (Å²) in [5.74, 6) is -10.2. The lowest BCUT2D eigenvalue weighted by Crippen LogP contribution is -2.64. The van der Waals surface area contributed by atoms with Gasteiger partial charge in [-0.25, -0.2) is 0 Å². The molecule has 0 aromatic heterocycles. The summed E-state index contributed by atoms with van der Waals surface area (Å²) in [5.41, 5.74) is -1.58. The van der Waals surface area contributed by atoms with Gasteiger partial charge in [-0.15, -0.1) is 0 Å². The van der Waals surface area contributed by atoms with E-state index in [9.17, 15) is 34.2 Å². The van der Waals surface area contributed by atoms with E-state index in [4.69, 9.17) is 0 Å². The molecule has 1 fully saturated rings. The van der Waals surface area contributed by atoms with E-state index in [1.54, 1.807) is 60.6 Å². The molecule has 0 unspecified atom stereocenters. The van der Waals surface area contributed by atoms with Gasteiger partial charge in [-0.1, -0.05) is 95.2 Å². The van der Waals surface area contributed by atoms with E-state index >= 15 is 28.8 Å². The van der Waals surface area contributed by atoms with Gasteiger partial charge in [0.1, 0.15) is 66.5 Å². The number of carbonyl (C=O) groups excluding carboxylic acids is 11. The Bertz CT molecular complexity index is 2520. The molecule has 1 rings (SSSR count). The Morgan fingerprint density at radius 1 is 0.500 bits per heavy atom. The van der Waals surface area contributed by atoms with Crippen molar-refractivity contribution in [1.82, 2.24) is 60.5 Å². The van der Waals surface area contributed by atoms with Gasteiger partial charge in [0.15, 0.2) is 0 Å². The summed E-state index contributed by atoms with van der Waals surface area (Å²) in [6, 6.07) is -14.3. The fourth-order valence-electron chi connectivity index (χ4n) is 11.7. The summed E-state index contributed by atoms with van der Waals surface area (Å²) >= 11 is 0. The van der Waals surface area contributed by atoms with Gasteiger partial charge in [-0.2, -0.15) is 0 Å². The van der Waals surface area contributed by atoms with Crippen molar-refractivity contribution in [2.75, 3.05) is 70.0 Å². The number of hydrogen-bond donors (Lipinski definition) is 6. The minimum Gasteiger partial charge on any atom is -0.390 e. The molecule has 25 nitrogen and oxygen atoms in total. The van der Waals surface area contributed by atoms with Gasteiger partial charge in [-0.05, 0) is 136 Å². The lowest BCUT2D eigenvalue weighted by molar-refractivity contribution is -0.157. The molecule has 1 aliphatic heterocycles. The highest BCUT2D eigenvalue weighted by Gasteiger charge is 2.47. The lowest BCUT2D eigenvalue weighted by Gasteiger charge is -2.41. The Morgan fingerprint density at radius 2 is 0.924 bits per heavy atom. The van der Waals surface area contributed by atoms with Crippen molar-refractivity contribution in [2.24, 2.45) is 35.5 Å². The number of rotatable bonds is 19. The monoisotopic (exact) mass is 1300 g/mol. The fourth-order valence-corrected chi connectivity index (χ4v) is 11.7. The van der Waals surface area contributed by atoms with Crippen molar-refractivity contribution in [1.29, 1.82) is 0 Å². The van der Waals surface area contributed by atoms with E-state index in [-0.39, 0.29) is 62.7 Å². The number of hydrogen-bond acceptors (Lipinski definition) is 14. The number of amides is 11. The molecule has 0 radical (unpaired) electrons. The molecule has 1 aliphatic rings. The first-order chi connectivity index (χ1) is 42.3. The van der Waals surface area contributed by atoms with Crippen molar-refractivity contribution >= 4 is 65.0 Å². The van der Waals surface area contributed by atoms with Crippen molar-refractivity contribution in [3.8, 4) is 0 Å². The second-order valence-electron chi connectivity index (χ2n) is 28.6. The standard InChI is InChI=1S/C67H122N12O13/c1-27-29-31-43(13)55(80)54-59(84)70-46(28-2)61(86)73(20)47(32-30-33-72(18)19)62(87)77(24)51(37-67(16,17)92)58(83)71-52(41(9)10)65(90)74(21)48(34-38(3)4)57(82)68-44(14)56(81)69-45(15)60(85)75(22)49(35-39(5)6)63(88)76(23)50(36-40(7)8)64(89)78(25)53(42(11)12)66(91)79(54)26/h27,29,38-55,80,92H,28,30-37H2,1-26H3,(H,68,82)(H,69,81)(H,70,84)(H,71,83)/b29-27+/t43-,44+,45-,46+,47-,48+,49+,50+,51+,52+,53+,54+,55-/m1/s1. The number of likely N-dealkylation sites (N-methyl/N-ethyl adjacent to an activating group) is 7. The molecule has 0 aliphatic carbocycles. The zero-order chi connectivity index (χ0) is 71.5. The van der Waals surface area contributed by atoms with Crippen LogP contribution in [0, 0.1) is 35.5 Å². The number of nitrogens with zero attached hydrogens (tertiary/aromatic N) is 8. The lowest BCUT2D eigenvalue weighted by atomic mass is 9.91. The molecular formula is C67H122N12O13. The Morgan fingerprint density at radius 3 is 1.38 bits per heavy atom. The van der Waals surface area contributed by atoms with E-state index < -0.39 is 161 Å². The maximum Gasteiger partial charge on any atom is 0.246 e. The van der Waals surface area contributed by atoms with Crippen molar-refractivity contribution < 1.29 is 63.0 Å². The average Bonchev–Trinajstić information content (AvgIpc) is 0.830. The number of aliphatic hydroxyl groups excluding tert-OH is 1. The van der Waals surface area contributed by atoms with Gasteiger partial charge in [0, 0.05) is 55.8 Å². The van der Waals surface area contributed by atoms with Gasteiger partial charge in [0.25, 0.3) is 0 Å². The first-order valence-corrected chi connectivity index (χ1v) is 33.1. The third-order valence-corrected chi connectivity index (χ3v) is 17.5. The second-order valence-corrected chi connectivity index (χ2v) is 28.6. The van der Waals surface area contributed by atoms with Gasteiger partial charge in [0.2, 0.25) is 65.0 Å². The van der Waals surface area contributed by atoms with Crippen LogP contribution >= 0.6 is 0 Å². The second kappa shape index (κ2) is 37.6. The van der Waals surface area contributed by atoms with Crippen LogP contribution in [0.2, 0.25) is 0 Å². The molecule has 0 aromatic rings. The highest BCUT2D eigenvalue weighted by atomic mass is 16.3. The largest absolute Gasteiger partial charge is 0.390 e. The summed E-state index contributed by atoms with van der Waals surface area (Å²) in [6.07, 6.45) is 2.82. The molecule has 528 valence electrons. The minimum absolute atomic E-state index is 0.0230. The summed E-state index contributed by atoms with van der Waals surface area (Å²) in [5, 5.41) is 34.6. The van der Waals surface area contributed by atoms with Crippen LogP contribution in [0.15, 0.2) is 12.2 Å². The molecule has 1 saturated heterocycles. The third kappa shape index (κ3) is 24.0. The number of carbonyl (C=O) groups is 11. The van der Waals surface area contributed by atoms with Crippen LogP contribution in [-0.2, 0) is 52.7 Å². The van der Waals surface area contributed by atoms with Crippen LogP contribution in [0.5, 0.6) is 0 Å². The first kappa shape index (κ1) is 83.8. The molecule has 0 bridgehead atoms. The number of allylic oxidation sites excluding steroid dienone is 2. The van der Waals surface area contributed by atoms with Crippen molar-refractivity contribution in [2.45, 2.75) is 247 Å². The zero-order valence-electron chi connectivity index (χ0n) is 60.9. The quantitative estimate of drug-likeness (QED) is 0.101. The number of aliphatic hydroxyl groups is 2. The van der Waals surface area contributed by atoms with E-state index in [1.165, 1.54) is 102 Å². The van der Waals surface area contributed by atoms with E-state index in [0.717, 1.165) is 9.80 Å². The molecule has 92 heavy (non-hydrogen) atoms. The Hall–Kier alpha value is -6.21. The van der Waals surface area contributed by atoms with E-state index in [1.807, 2.05) is 60.5 Å². The molecule has 13 atom stereocenters. The molecule has 25 heteroatoms. The molecule has 6 N–H and O–H groups in total. The molecular weight excluding hydrogens is 1180 g/mol. The molecule has 1 heterocycles. The molecule has 0 saturated carbocycles. The van der Waals surface area contributed by atoms with Crippen LogP contribution in [0.4, 0.5) is 0 Å². The Kier molecular flexibility index (Phi) is 34.3. The SMILES string of the molecule is C/C=C/C[C@@H](C)[C@@H](O)[C@H]1C(=O)N[C@@H](CC)C(=O)N(C)[C@H](CCCN(C)C)C(=O)N(C)[C@@H](CC(C)(C)O)C(=O)N[C@@H](C(C)C)C(=O)N(C)[C@@H](CC(C)C)C(=O)N[C@@H](C)C(=O)N[C@H](C)C(=O)N(C)[C@@H](CC(C)C)C(=O)N(C)[C@@H](CC(C)C)C(=O)N(C)[C@@H](C(C)C)C(=O)N1C. The smallest absolute Gasteiger partial charge is 0.246 e. The Labute approximate surface area is 551 Å². The maximum atomic E-state index is 15.3. The van der Waals surface area contributed by atoms with Crippen molar-refractivity contribution in [3.63, 3.8) is 0 Å². The predicted octanol–water partition coefficient (Wildman–Crippen LogP) is 3.09. The van der Waals surface area contributed by atoms with Gasteiger partial charge in [0.05, 0.1) is 11.7 Å². The Balaban J connectivity index is 4.55. The fraction of sp³-hybridized carbons (Fsp3) is 0.806. The highest BCUT2D eigenvalue weighted by Crippen LogP contribution is 2.27. The van der Waals surface area contributed by atoms with Crippen LogP contribution in [0.3, 0.4) is 0 Å². The van der Waals surface area contributed by atoms with Crippen LogP contribution < -0.4 is 21.3 Å². The predicted molar refractivity (Wildman–Crippen MR) is 357 cm³/mol. The molecule has 11 amide bonds. The average molecular weight is 1300 g/mol. The summed E-state index contributed by atoms with van der Waals surface area (Å²) in [7, 11) is 13.5. The van der Waals surface area contributed by atoms with Gasteiger partial charge in [-0.3, -0.25) is 52.7 Å². The molecule has 0 aromatic carbocycles. The first-order valence-electron chi connectivity index (χ1n) is 33.1. The van der Waals surface area contributed by atoms with Crippen LogP contribution in [0.25, 0.3) is 0 Å². The highest BCUT2D eigenvalue weighted by molar-refractivity contribution is 6.00. The van der Waals surface area contributed by atoms with Crippen LogP contribution in [0.1, 0.15) is 169 Å². The summed E-state index contributed by atoms with van der Waals surface area (Å²) in [4.78, 5) is 174. The maximum absolute atomic E-state index is 15.3. The topological polar surface area (TPSA) is 302 Å². The minimum atomic E-state index is -1.65. The van der Waals surface area contributed by atoms with Gasteiger partial charge >= 0.3 is 0 Å². The van der Waals surface area contributed by atoms with Crippen molar-refractivity contribution in [3.05, 3.63) is 12.2 Å². The summed E-state index contributed by atoms with van der Waals surface area (Å²) < 4.78 is 0. The van der Waals surface area contributed by atoms with E-state index in [2.05, 4.69) is 21.3 Å². The normalized spacial score (nSPS) is 26.8. The van der Waals surface area contributed by atoms with E-state index in [0.29, 0.717) is 13.0 Å².